The van der Waals surface area contributed by atoms with Crippen molar-refractivity contribution in [1.82, 2.24) is 0 Å². The van der Waals surface area contributed by atoms with Crippen LogP contribution < -0.4 is 0 Å². The second-order valence-electron chi connectivity index (χ2n) is 17.2. The van der Waals surface area contributed by atoms with Gasteiger partial charge < -0.3 is 23.1 Å². The summed E-state index contributed by atoms with van der Waals surface area (Å²) in [4.78, 5) is 50.2. The highest BCUT2D eigenvalue weighted by atomic mass is 28.4. The monoisotopic (exact) mass is 761 g/mol. The number of rotatable bonds is 25. The van der Waals surface area contributed by atoms with E-state index in [1.807, 2.05) is 34.6 Å². The summed E-state index contributed by atoms with van der Waals surface area (Å²) in [5.41, 5.74) is -2.20. The van der Waals surface area contributed by atoms with E-state index in [2.05, 4.69) is 46.6 Å². The van der Waals surface area contributed by atoms with E-state index < -0.39 is 33.4 Å². The molecule has 0 aromatic heterocycles. The zero-order valence-corrected chi connectivity index (χ0v) is 37.9. The average molecular weight is 761 g/mol. The molecule has 0 N–H and O–H groups in total. The molecule has 0 aromatic rings. The zero-order chi connectivity index (χ0) is 40.1. The van der Waals surface area contributed by atoms with Crippen LogP contribution in [0.5, 0.6) is 0 Å². The lowest BCUT2D eigenvalue weighted by Crippen LogP contribution is -2.42. The Morgan fingerprint density at radius 1 is 0.686 bits per heavy atom. The summed E-state index contributed by atoms with van der Waals surface area (Å²) in [7, 11) is -1.69. The fraction of sp³-hybridized carbons (Fsp3) is 0.900. The molecule has 0 radical (unpaired) electrons. The molecule has 4 unspecified atom stereocenters. The van der Waals surface area contributed by atoms with Crippen LogP contribution in [-0.4, -0.2) is 67.4 Å². The van der Waals surface area contributed by atoms with Crippen molar-refractivity contribution in [3.63, 3.8) is 0 Å². The minimum absolute atomic E-state index is 0.0828. The van der Waals surface area contributed by atoms with E-state index in [1.165, 1.54) is 7.11 Å². The van der Waals surface area contributed by atoms with Crippen molar-refractivity contribution < 1.29 is 42.2 Å². The second-order valence-corrected chi connectivity index (χ2v) is 26.3. The molecule has 0 saturated heterocycles. The molecule has 0 heterocycles. The molecule has 0 aliphatic rings. The molecular weight excluding hydrogens is 681 g/mol. The van der Waals surface area contributed by atoms with Crippen molar-refractivity contribution in [1.29, 1.82) is 0 Å². The molecule has 0 spiro atoms. The summed E-state index contributed by atoms with van der Waals surface area (Å²) < 4.78 is 27.8. The maximum atomic E-state index is 13.1. The summed E-state index contributed by atoms with van der Waals surface area (Å²) in [6.07, 6.45) is 8.70. The third-order valence-electron chi connectivity index (χ3n) is 9.80. The van der Waals surface area contributed by atoms with Crippen LogP contribution in [0.1, 0.15) is 140 Å². The van der Waals surface area contributed by atoms with E-state index in [1.54, 1.807) is 20.8 Å². The largest absolute Gasteiger partial charge is 0.469 e. The Balaban J connectivity index is 0. The van der Waals surface area contributed by atoms with Gasteiger partial charge in [-0.25, -0.2) is 0 Å². The molecule has 0 aromatic carbocycles. The first-order valence-electron chi connectivity index (χ1n) is 19.7. The number of hydrogen-bond donors (Lipinski definition) is 0. The van der Waals surface area contributed by atoms with Gasteiger partial charge in [-0.2, -0.15) is 0 Å². The van der Waals surface area contributed by atoms with Crippen LogP contribution >= 0.6 is 0 Å². The number of methoxy groups -OCH3 is 1. The van der Waals surface area contributed by atoms with Crippen LogP contribution in [0.15, 0.2) is 0 Å². The van der Waals surface area contributed by atoms with Gasteiger partial charge in [0.05, 0.1) is 49.1 Å². The summed E-state index contributed by atoms with van der Waals surface area (Å²) in [6.45, 7) is 31.9. The molecule has 0 bridgehead atoms. The van der Waals surface area contributed by atoms with Crippen molar-refractivity contribution in [2.75, 3.05) is 26.9 Å². The predicted molar refractivity (Wildman–Crippen MR) is 213 cm³/mol. The zero-order valence-electron chi connectivity index (χ0n) is 35.9. The van der Waals surface area contributed by atoms with Crippen molar-refractivity contribution in [2.45, 2.75) is 179 Å². The van der Waals surface area contributed by atoms with Crippen LogP contribution in [-0.2, 0) is 42.2 Å². The third-order valence-corrected chi connectivity index (χ3v) is 16.0. The Morgan fingerprint density at radius 2 is 1.24 bits per heavy atom. The number of carbonyl (C=O) groups excluding carboxylic acids is 4. The molecule has 9 nitrogen and oxygen atoms in total. The molecule has 51 heavy (non-hydrogen) atoms. The molecule has 0 saturated carbocycles. The number of carbonyl (C=O) groups is 4. The smallest absolute Gasteiger partial charge is 0.311 e. The first-order chi connectivity index (χ1) is 23.4. The van der Waals surface area contributed by atoms with Gasteiger partial charge in [0.1, 0.15) is 0 Å². The van der Waals surface area contributed by atoms with Crippen molar-refractivity contribution >= 4 is 40.5 Å². The van der Waals surface area contributed by atoms with Crippen molar-refractivity contribution in [3.05, 3.63) is 0 Å². The van der Waals surface area contributed by atoms with E-state index in [9.17, 15) is 19.2 Å². The predicted octanol–water partition coefficient (Wildman–Crippen LogP) is 10.5. The number of ether oxygens (including phenoxy) is 4. The molecule has 0 aliphatic heterocycles. The third kappa shape index (κ3) is 21.5. The molecule has 0 aliphatic carbocycles. The van der Waals surface area contributed by atoms with Gasteiger partial charge in [0, 0.05) is 0 Å². The van der Waals surface area contributed by atoms with Gasteiger partial charge in [0.15, 0.2) is 16.6 Å². The molecule has 0 fully saturated rings. The molecule has 302 valence electrons. The highest BCUT2D eigenvalue weighted by Crippen LogP contribution is 2.43. The summed E-state index contributed by atoms with van der Waals surface area (Å²) in [5.74, 6) is -1.24. The summed E-state index contributed by atoms with van der Waals surface area (Å²) >= 11 is 0. The Bertz CT molecular complexity index is 1020. The van der Waals surface area contributed by atoms with E-state index in [0.717, 1.165) is 57.4 Å². The van der Waals surface area contributed by atoms with Crippen LogP contribution in [0.3, 0.4) is 0 Å². The van der Waals surface area contributed by atoms with E-state index in [-0.39, 0.29) is 42.1 Å². The van der Waals surface area contributed by atoms with Gasteiger partial charge in [0.25, 0.3) is 0 Å². The van der Waals surface area contributed by atoms with Gasteiger partial charge >= 0.3 is 23.9 Å². The second kappa shape index (κ2) is 24.6. The minimum Gasteiger partial charge on any atom is -0.469 e. The van der Waals surface area contributed by atoms with Crippen molar-refractivity contribution in [2.24, 2.45) is 28.1 Å². The molecule has 11 heteroatoms. The quantitative estimate of drug-likeness (QED) is 0.0388. The van der Waals surface area contributed by atoms with E-state index >= 15 is 0 Å². The van der Waals surface area contributed by atoms with Gasteiger partial charge in [-0.15, -0.1) is 0 Å². The van der Waals surface area contributed by atoms with Gasteiger partial charge in [-0.1, -0.05) is 67.2 Å². The normalized spacial score (nSPS) is 15.6. The lowest BCUT2D eigenvalue weighted by molar-refractivity contribution is -0.165. The SMILES string of the molecule is CCC(C)(C)C(=O)OCCC[Si](C)(C)O[Si](C)(C)C.CCCCOC(=O)C(C)(CC(C)C(=O)OCC(CC)CCCC)CC(C)(CC)C(=O)OC. The van der Waals surface area contributed by atoms with E-state index in [4.69, 9.17) is 23.1 Å². The molecule has 4 atom stereocenters. The first-order valence-corrected chi connectivity index (χ1v) is 26.2. The van der Waals surface area contributed by atoms with Crippen LogP contribution in [0.2, 0.25) is 38.8 Å². The lowest BCUT2D eigenvalue weighted by atomic mass is 9.68. The van der Waals surface area contributed by atoms with Crippen LogP contribution in [0, 0.1) is 28.1 Å². The molecule has 0 rings (SSSR count). The molecular formula is C40H80O9Si2. The van der Waals surface area contributed by atoms with E-state index in [0.29, 0.717) is 32.2 Å². The first kappa shape index (κ1) is 51.4. The van der Waals surface area contributed by atoms with Crippen LogP contribution in [0.25, 0.3) is 0 Å². The summed E-state index contributed by atoms with van der Waals surface area (Å²) in [5, 5.41) is 0. The summed E-state index contributed by atoms with van der Waals surface area (Å²) in [6, 6.07) is 1.05. The highest BCUT2D eigenvalue weighted by Gasteiger charge is 2.47. The number of esters is 4. The minimum atomic E-state index is -1.59. The Morgan fingerprint density at radius 3 is 1.71 bits per heavy atom. The topological polar surface area (TPSA) is 114 Å². The fourth-order valence-corrected chi connectivity index (χ4v) is 14.1. The standard InChI is InChI=1S/C26H48O6.C14H32O3Si2/c1-9-13-15-21(11-3)18-32-22(27)20(5)17-26(7,24(29)31-16-14-10-2)19-25(6,12-4)23(28)30-8;1-9-14(2,3)13(15)16-11-10-12-19(7,8)17-18(4,5)6/h20-21H,9-19H2,1-8H3;9-12H2,1-8H3. The van der Waals surface area contributed by atoms with Gasteiger partial charge in [-0.05, 0) is 117 Å². The van der Waals surface area contributed by atoms with Gasteiger partial charge in [0.2, 0.25) is 0 Å². The Hall–Kier alpha value is -1.73. The maximum absolute atomic E-state index is 13.1. The van der Waals surface area contributed by atoms with Crippen molar-refractivity contribution in [3.8, 4) is 0 Å². The average Bonchev–Trinajstić information content (AvgIpc) is 3.05. The number of unbranched alkanes of at least 4 members (excludes halogenated alkanes) is 2. The van der Waals surface area contributed by atoms with Crippen LogP contribution in [0.4, 0.5) is 0 Å². The van der Waals surface area contributed by atoms with Gasteiger partial charge in [-0.3, -0.25) is 19.2 Å². The number of hydrogen-bond acceptors (Lipinski definition) is 9. The highest BCUT2D eigenvalue weighted by molar-refractivity contribution is 6.84. The Kier molecular flexibility index (Phi) is 24.7. The maximum Gasteiger partial charge on any atom is 0.311 e. The lowest BCUT2D eigenvalue weighted by Gasteiger charge is -2.37. The Labute approximate surface area is 315 Å². The molecule has 0 amide bonds. The fourth-order valence-electron chi connectivity index (χ4n) is 6.04.